The average molecular weight is 247 g/mol. The summed E-state index contributed by atoms with van der Waals surface area (Å²) < 4.78 is 6.57. The molecule has 1 aliphatic rings. The molecule has 1 aromatic carbocycles. The van der Waals surface area contributed by atoms with E-state index in [4.69, 9.17) is 9.52 Å². The lowest BCUT2D eigenvalue weighted by Crippen LogP contribution is -2.12. The molecule has 1 aliphatic carbocycles. The highest BCUT2D eigenvalue weighted by Gasteiger charge is 2.46. The molecule has 3 rings (SSSR count). The molecule has 0 radical (unpaired) electrons. The Morgan fingerprint density at radius 1 is 1.50 bits per heavy atom. The third kappa shape index (κ3) is 1.54. The first-order valence-electron chi connectivity index (χ1n) is 5.84. The quantitative estimate of drug-likeness (QED) is 0.894. The van der Waals surface area contributed by atoms with Crippen molar-refractivity contribution in [3.05, 3.63) is 34.3 Å². The van der Waals surface area contributed by atoms with Crippen molar-refractivity contribution >= 4 is 17.1 Å². The molecule has 1 saturated carbocycles. The Morgan fingerprint density at radius 3 is 2.83 bits per heavy atom. The second kappa shape index (κ2) is 3.48. The van der Waals surface area contributed by atoms with Crippen LogP contribution in [0.15, 0.2) is 27.4 Å². The number of carbonyl (C=O) groups is 1. The normalized spacial score (nSPS) is 16.9. The van der Waals surface area contributed by atoms with E-state index >= 15 is 0 Å². The summed E-state index contributed by atoms with van der Waals surface area (Å²) >= 11 is 0. The minimum absolute atomic E-state index is 0.134. The summed E-state index contributed by atoms with van der Waals surface area (Å²) in [6, 6.07) is 5.51. The van der Waals surface area contributed by atoms with Crippen molar-refractivity contribution in [2.24, 2.45) is 7.05 Å². The molecule has 5 nitrogen and oxygen atoms in total. The zero-order valence-electron chi connectivity index (χ0n) is 9.97. The van der Waals surface area contributed by atoms with E-state index in [1.54, 1.807) is 13.1 Å². The van der Waals surface area contributed by atoms with Crippen molar-refractivity contribution in [2.45, 2.75) is 24.7 Å². The molecule has 1 aromatic heterocycles. The lowest BCUT2D eigenvalue weighted by atomic mass is 9.92. The first-order chi connectivity index (χ1) is 8.52. The summed E-state index contributed by atoms with van der Waals surface area (Å²) in [6.45, 7) is 0. The zero-order valence-corrected chi connectivity index (χ0v) is 9.97. The smallest absolute Gasteiger partial charge is 0.419 e. The summed E-state index contributed by atoms with van der Waals surface area (Å²) in [5.41, 5.74) is 1.95. The number of nitrogens with zero attached hydrogens (tertiary/aromatic N) is 1. The summed E-state index contributed by atoms with van der Waals surface area (Å²) in [5.74, 6) is -1.19. The van der Waals surface area contributed by atoms with Gasteiger partial charge >= 0.3 is 11.7 Å². The van der Waals surface area contributed by atoms with Gasteiger partial charge in [0.25, 0.3) is 0 Å². The fourth-order valence-corrected chi connectivity index (χ4v) is 2.47. The first kappa shape index (κ1) is 11.1. The number of oxazole rings is 1. The van der Waals surface area contributed by atoms with Gasteiger partial charge in [-0.25, -0.2) is 4.79 Å². The van der Waals surface area contributed by atoms with Gasteiger partial charge in [-0.2, -0.15) is 0 Å². The summed E-state index contributed by atoms with van der Waals surface area (Å²) in [6.07, 6.45) is 1.89. The molecule has 1 N–H and O–H groups in total. The highest BCUT2D eigenvalue weighted by Crippen LogP contribution is 2.51. The molecule has 2 aromatic rings. The van der Waals surface area contributed by atoms with Gasteiger partial charge in [0.15, 0.2) is 5.58 Å². The topological polar surface area (TPSA) is 72.4 Å². The highest BCUT2D eigenvalue weighted by atomic mass is 16.4. The van der Waals surface area contributed by atoms with Gasteiger partial charge in [-0.1, -0.05) is 6.07 Å². The Balaban J connectivity index is 2.09. The van der Waals surface area contributed by atoms with E-state index in [0.717, 1.165) is 23.9 Å². The second-order valence-corrected chi connectivity index (χ2v) is 4.96. The van der Waals surface area contributed by atoms with Crippen molar-refractivity contribution in [1.29, 1.82) is 0 Å². The van der Waals surface area contributed by atoms with Gasteiger partial charge in [0.05, 0.1) is 11.9 Å². The summed E-state index contributed by atoms with van der Waals surface area (Å²) in [4.78, 5) is 22.3. The Kier molecular flexibility index (Phi) is 2.14. The standard InChI is InChI=1S/C13H13NO4/c1-14-9-3-2-8(6-10(9)18-12(14)17)13(4-5-13)7-11(15)16/h2-3,6H,4-5,7H2,1H3,(H,15,16). The van der Waals surface area contributed by atoms with Gasteiger partial charge < -0.3 is 9.52 Å². The molecule has 0 unspecified atom stereocenters. The molecule has 18 heavy (non-hydrogen) atoms. The molecule has 0 atom stereocenters. The van der Waals surface area contributed by atoms with Gasteiger partial charge in [0.2, 0.25) is 0 Å². The third-order valence-corrected chi connectivity index (χ3v) is 3.75. The number of fused-ring (bicyclic) bond motifs is 1. The average Bonchev–Trinajstić information content (AvgIpc) is 3.02. The van der Waals surface area contributed by atoms with Gasteiger partial charge in [0.1, 0.15) is 0 Å². The van der Waals surface area contributed by atoms with E-state index in [1.807, 2.05) is 12.1 Å². The molecule has 94 valence electrons. The number of hydrogen-bond acceptors (Lipinski definition) is 3. The van der Waals surface area contributed by atoms with Crippen LogP contribution in [-0.4, -0.2) is 15.6 Å². The van der Waals surface area contributed by atoms with Crippen LogP contribution in [-0.2, 0) is 17.3 Å². The number of rotatable bonds is 3. The second-order valence-electron chi connectivity index (χ2n) is 4.96. The van der Waals surface area contributed by atoms with Crippen LogP contribution in [0.25, 0.3) is 11.1 Å². The van der Waals surface area contributed by atoms with E-state index in [1.165, 1.54) is 4.57 Å². The summed E-state index contributed by atoms with van der Waals surface area (Å²) in [7, 11) is 1.65. The fourth-order valence-electron chi connectivity index (χ4n) is 2.47. The van der Waals surface area contributed by atoms with Crippen LogP contribution in [0.4, 0.5) is 0 Å². The number of benzene rings is 1. The van der Waals surface area contributed by atoms with Crippen LogP contribution in [0.3, 0.4) is 0 Å². The van der Waals surface area contributed by atoms with Gasteiger partial charge in [0, 0.05) is 12.5 Å². The van der Waals surface area contributed by atoms with E-state index in [-0.39, 0.29) is 11.8 Å². The number of aryl methyl sites for hydroxylation is 1. The van der Waals surface area contributed by atoms with Crippen LogP contribution >= 0.6 is 0 Å². The van der Waals surface area contributed by atoms with Crippen LogP contribution in [0.2, 0.25) is 0 Å². The molecule has 1 fully saturated rings. The van der Waals surface area contributed by atoms with Gasteiger partial charge in [-0.3, -0.25) is 9.36 Å². The third-order valence-electron chi connectivity index (χ3n) is 3.75. The fraction of sp³-hybridized carbons (Fsp3) is 0.385. The van der Waals surface area contributed by atoms with Gasteiger partial charge in [-0.15, -0.1) is 0 Å². The molecule has 0 bridgehead atoms. The Bertz CT molecular complexity index is 691. The monoisotopic (exact) mass is 247 g/mol. The number of aromatic nitrogens is 1. The lowest BCUT2D eigenvalue weighted by molar-refractivity contribution is -0.137. The van der Waals surface area contributed by atoms with Gasteiger partial charge in [-0.05, 0) is 30.5 Å². The maximum atomic E-state index is 11.4. The predicted molar refractivity (Wildman–Crippen MR) is 64.6 cm³/mol. The molecular formula is C13H13NO4. The van der Waals surface area contributed by atoms with Crippen LogP contribution in [0, 0.1) is 0 Å². The van der Waals surface area contributed by atoms with Crippen molar-refractivity contribution < 1.29 is 14.3 Å². The van der Waals surface area contributed by atoms with Crippen LogP contribution in [0.1, 0.15) is 24.8 Å². The SMILES string of the molecule is Cn1c(=O)oc2cc(C3(CC(=O)O)CC3)ccc21. The molecule has 0 aliphatic heterocycles. The summed E-state index contributed by atoms with van der Waals surface area (Å²) in [5, 5.41) is 8.93. The molecular weight excluding hydrogens is 234 g/mol. The van der Waals surface area contributed by atoms with Crippen LogP contribution < -0.4 is 5.76 Å². The minimum atomic E-state index is -0.790. The van der Waals surface area contributed by atoms with Crippen molar-refractivity contribution in [1.82, 2.24) is 4.57 Å². The van der Waals surface area contributed by atoms with E-state index in [0.29, 0.717) is 5.58 Å². The molecule has 0 amide bonds. The van der Waals surface area contributed by atoms with Crippen molar-refractivity contribution in [2.75, 3.05) is 0 Å². The Labute approximate surface area is 103 Å². The molecule has 1 heterocycles. The van der Waals surface area contributed by atoms with E-state index in [2.05, 4.69) is 0 Å². The van der Waals surface area contributed by atoms with Crippen LogP contribution in [0.5, 0.6) is 0 Å². The first-order valence-corrected chi connectivity index (χ1v) is 5.84. The minimum Gasteiger partial charge on any atom is -0.481 e. The lowest BCUT2D eigenvalue weighted by Gasteiger charge is -2.12. The Morgan fingerprint density at radius 2 is 2.22 bits per heavy atom. The zero-order chi connectivity index (χ0) is 12.9. The van der Waals surface area contributed by atoms with E-state index < -0.39 is 11.7 Å². The largest absolute Gasteiger partial charge is 0.481 e. The van der Waals surface area contributed by atoms with Crippen molar-refractivity contribution in [3.8, 4) is 0 Å². The number of carboxylic acids is 1. The molecule has 5 heteroatoms. The Hall–Kier alpha value is -2.04. The van der Waals surface area contributed by atoms with E-state index in [9.17, 15) is 9.59 Å². The number of aliphatic carboxylic acids is 1. The molecule has 0 saturated heterocycles. The molecule has 0 spiro atoms. The van der Waals surface area contributed by atoms with Crippen molar-refractivity contribution in [3.63, 3.8) is 0 Å². The maximum absolute atomic E-state index is 11.4. The predicted octanol–water partition coefficient (Wildman–Crippen LogP) is 1.64. The highest BCUT2D eigenvalue weighted by molar-refractivity contribution is 5.76. The maximum Gasteiger partial charge on any atom is 0.419 e. The number of hydrogen-bond donors (Lipinski definition) is 1. The number of carboxylic acid groups (broad SMARTS) is 1.